The van der Waals surface area contributed by atoms with Crippen LogP contribution in [-0.2, 0) is 6.61 Å². The molecule has 0 bridgehead atoms. The predicted octanol–water partition coefficient (Wildman–Crippen LogP) is 3.31. The Morgan fingerprint density at radius 2 is 2.16 bits per heavy atom. The predicted molar refractivity (Wildman–Crippen MR) is 69.7 cm³/mol. The molecule has 4 heteroatoms. The molecule has 98 valence electrons. The van der Waals surface area contributed by atoms with Crippen molar-refractivity contribution >= 4 is 5.78 Å². The van der Waals surface area contributed by atoms with Gasteiger partial charge < -0.3 is 4.74 Å². The van der Waals surface area contributed by atoms with Crippen molar-refractivity contribution in [2.24, 2.45) is 0 Å². The first-order chi connectivity index (χ1) is 9.08. The van der Waals surface area contributed by atoms with E-state index in [0.717, 1.165) is 11.3 Å². The fourth-order valence-corrected chi connectivity index (χ4v) is 1.72. The third kappa shape index (κ3) is 3.16. The molecule has 2 rings (SSSR count). The number of aryl methyl sites for hydroxylation is 1. The van der Waals surface area contributed by atoms with Crippen molar-refractivity contribution in [2.75, 3.05) is 0 Å². The quantitative estimate of drug-likeness (QED) is 0.791. The molecule has 0 saturated heterocycles. The number of ether oxygens (including phenoxy) is 1. The van der Waals surface area contributed by atoms with Crippen LogP contribution in [0.1, 0.15) is 28.5 Å². The SMILES string of the molecule is CC(=O)c1cc(F)ccc1OCc1ncccc1C. The Labute approximate surface area is 111 Å². The van der Waals surface area contributed by atoms with Gasteiger partial charge in [0.1, 0.15) is 18.2 Å². The number of rotatable bonds is 4. The van der Waals surface area contributed by atoms with Gasteiger partial charge in [-0.05, 0) is 43.7 Å². The molecule has 0 aliphatic heterocycles. The van der Waals surface area contributed by atoms with Gasteiger partial charge in [-0.2, -0.15) is 0 Å². The fraction of sp³-hybridized carbons (Fsp3) is 0.200. The van der Waals surface area contributed by atoms with Crippen molar-refractivity contribution in [3.05, 3.63) is 59.2 Å². The summed E-state index contributed by atoms with van der Waals surface area (Å²) in [7, 11) is 0. The number of hydrogen-bond acceptors (Lipinski definition) is 3. The van der Waals surface area contributed by atoms with Gasteiger partial charge in [0.05, 0.1) is 11.3 Å². The lowest BCUT2D eigenvalue weighted by atomic mass is 10.1. The molecular weight excluding hydrogens is 245 g/mol. The molecule has 0 amide bonds. The summed E-state index contributed by atoms with van der Waals surface area (Å²) >= 11 is 0. The van der Waals surface area contributed by atoms with Gasteiger partial charge in [0.25, 0.3) is 0 Å². The van der Waals surface area contributed by atoms with E-state index in [1.54, 1.807) is 6.20 Å². The van der Waals surface area contributed by atoms with E-state index in [4.69, 9.17) is 4.74 Å². The van der Waals surface area contributed by atoms with Crippen LogP contribution in [0.4, 0.5) is 4.39 Å². The van der Waals surface area contributed by atoms with Crippen molar-refractivity contribution in [3.8, 4) is 5.75 Å². The fourth-order valence-electron chi connectivity index (χ4n) is 1.72. The van der Waals surface area contributed by atoms with Gasteiger partial charge >= 0.3 is 0 Å². The molecule has 0 unspecified atom stereocenters. The summed E-state index contributed by atoms with van der Waals surface area (Å²) < 4.78 is 18.7. The standard InChI is InChI=1S/C15H14FNO2/c1-10-4-3-7-17-14(10)9-19-15-6-5-12(16)8-13(15)11(2)18/h3-8H,9H2,1-2H3. The molecule has 19 heavy (non-hydrogen) atoms. The molecule has 0 saturated carbocycles. The Hall–Kier alpha value is -2.23. The van der Waals surface area contributed by atoms with Gasteiger partial charge in [0.15, 0.2) is 5.78 Å². The number of nitrogens with zero attached hydrogens (tertiary/aromatic N) is 1. The molecule has 1 aromatic heterocycles. The molecule has 0 spiro atoms. The van der Waals surface area contributed by atoms with E-state index in [0.29, 0.717) is 5.75 Å². The normalized spacial score (nSPS) is 10.3. The molecule has 0 radical (unpaired) electrons. The van der Waals surface area contributed by atoms with Gasteiger partial charge in [0, 0.05) is 6.20 Å². The molecule has 0 aliphatic carbocycles. The first-order valence-electron chi connectivity index (χ1n) is 5.91. The van der Waals surface area contributed by atoms with E-state index in [1.165, 1.54) is 25.1 Å². The zero-order valence-electron chi connectivity index (χ0n) is 10.8. The molecule has 0 atom stereocenters. The highest BCUT2D eigenvalue weighted by atomic mass is 19.1. The van der Waals surface area contributed by atoms with Gasteiger partial charge in [0.2, 0.25) is 0 Å². The Morgan fingerprint density at radius 1 is 1.37 bits per heavy atom. The number of Topliss-reactive ketones (excluding diaryl/α,β-unsaturated/α-hetero) is 1. The summed E-state index contributed by atoms with van der Waals surface area (Å²) in [5, 5.41) is 0. The van der Waals surface area contributed by atoms with E-state index in [2.05, 4.69) is 4.98 Å². The van der Waals surface area contributed by atoms with E-state index in [9.17, 15) is 9.18 Å². The number of carbonyl (C=O) groups excluding carboxylic acids is 1. The van der Waals surface area contributed by atoms with E-state index in [1.807, 2.05) is 19.1 Å². The number of hydrogen-bond donors (Lipinski definition) is 0. The third-order valence-electron chi connectivity index (χ3n) is 2.80. The van der Waals surface area contributed by atoms with E-state index in [-0.39, 0.29) is 18.0 Å². The smallest absolute Gasteiger partial charge is 0.163 e. The summed E-state index contributed by atoms with van der Waals surface area (Å²) in [6.07, 6.45) is 1.68. The number of ketones is 1. The zero-order chi connectivity index (χ0) is 13.8. The van der Waals surface area contributed by atoms with Crippen LogP contribution in [0.5, 0.6) is 5.75 Å². The van der Waals surface area contributed by atoms with Crippen molar-refractivity contribution in [2.45, 2.75) is 20.5 Å². The van der Waals surface area contributed by atoms with Crippen molar-refractivity contribution in [1.29, 1.82) is 0 Å². The molecule has 1 aromatic carbocycles. The minimum absolute atomic E-state index is 0.229. The minimum Gasteiger partial charge on any atom is -0.487 e. The lowest BCUT2D eigenvalue weighted by Crippen LogP contribution is -2.04. The van der Waals surface area contributed by atoms with Gasteiger partial charge in [-0.1, -0.05) is 6.07 Å². The van der Waals surface area contributed by atoms with Crippen LogP contribution in [0.15, 0.2) is 36.5 Å². The van der Waals surface area contributed by atoms with Gasteiger partial charge in [-0.3, -0.25) is 9.78 Å². The van der Waals surface area contributed by atoms with Crippen molar-refractivity contribution in [3.63, 3.8) is 0 Å². The van der Waals surface area contributed by atoms with Crippen molar-refractivity contribution < 1.29 is 13.9 Å². The summed E-state index contributed by atoms with van der Waals surface area (Å²) in [6.45, 7) is 3.56. The Balaban J connectivity index is 2.20. The Bertz CT molecular complexity index is 611. The average molecular weight is 259 g/mol. The van der Waals surface area contributed by atoms with Crippen LogP contribution < -0.4 is 4.74 Å². The second-order valence-electron chi connectivity index (χ2n) is 4.25. The summed E-state index contributed by atoms with van der Waals surface area (Å²) in [5.41, 5.74) is 2.05. The number of benzene rings is 1. The maximum atomic E-state index is 13.1. The molecular formula is C15H14FNO2. The lowest BCUT2D eigenvalue weighted by Gasteiger charge is -2.10. The number of halogens is 1. The zero-order valence-corrected chi connectivity index (χ0v) is 10.8. The third-order valence-corrected chi connectivity index (χ3v) is 2.80. The molecule has 1 heterocycles. The highest BCUT2D eigenvalue weighted by Crippen LogP contribution is 2.21. The van der Waals surface area contributed by atoms with Crippen LogP contribution in [0.2, 0.25) is 0 Å². The Morgan fingerprint density at radius 3 is 2.84 bits per heavy atom. The Kier molecular flexibility index (Phi) is 3.90. The monoisotopic (exact) mass is 259 g/mol. The van der Waals surface area contributed by atoms with E-state index < -0.39 is 5.82 Å². The van der Waals surface area contributed by atoms with Crippen LogP contribution >= 0.6 is 0 Å². The van der Waals surface area contributed by atoms with Crippen LogP contribution in [0, 0.1) is 12.7 Å². The average Bonchev–Trinajstić information content (AvgIpc) is 2.38. The molecule has 0 aliphatic rings. The maximum Gasteiger partial charge on any atom is 0.163 e. The van der Waals surface area contributed by atoms with E-state index >= 15 is 0 Å². The second kappa shape index (κ2) is 5.61. The number of carbonyl (C=O) groups is 1. The maximum absolute atomic E-state index is 13.1. The van der Waals surface area contributed by atoms with Crippen LogP contribution in [0.25, 0.3) is 0 Å². The van der Waals surface area contributed by atoms with Crippen LogP contribution in [0.3, 0.4) is 0 Å². The summed E-state index contributed by atoms with van der Waals surface area (Å²) in [6, 6.07) is 7.69. The summed E-state index contributed by atoms with van der Waals surface area (Å²) in [4.78, 5) is 15.6. The summed E-state index contributed by atoms with van der Waals surface area (Å²) in [5.74, 6) is -0.308. The molecule has 3 nitrogen and oxygen atoms in total. The number of pyridine rings is 1. The lowest BCUT2D eigenvalue weighted by molar-refractivity contribution is 0.101. The topological polar surface area (TPSA) is 39.2 Å². The first-order valence-corrected chi connectivity index (χ1v) is 5.91. The molecule has 0 N–H and O–H groups in total. The van der Waals surface area contributed by atoms with Crippen molar-refractivity contribution in [1.82, 2.24) is 4.98 Å². The highest BCUT2D eigenvalue weighted by molar-refractivity contribution is 5.96. The second-order valence-corrected chi connectivity index (χ2v) is 4.25. The number of aromatic nitrogens is 1. The van der Waals surface area contributed by atoms with Gasteiger partial charge in [-0.25, -0.2) is 4.39 Å². The highest BCUT2D eigenvalue weighted by Gasteiger charge is 2.10. The minimum atomic E-state index is -0.452. The van der Waals surface area contributed by atoms with Gasteiger partial charge in [-0.15, -0.1) is 0 Å². The molecule has 2 aromatic rings. The van der Waals surface area contributed by atoms with Crippen LogP contribution in [-0.4, -0.2) is 10.8 Å². The largest absolute Gasteiger partial charge is 0.487 e. The first kappa shape index (κ1) is 13.2. The molecule has 0 fully saturated rings.